The van der Waals surface area contributed by atoms with E-state index in [4.69, 9.17) is 5.11 Å². The van der Waals surface area contributed by atoms with Crippen molar-refractivity contribution in [1.82, 2.24) is 5.32 Å². The lowest BCUT2D eigenvalue weighted by Crippen LogP contribution is -2.31. The van der Waals surface area contributed by atoms with Gasteiger partial charge in [0.2, 0.25) is 0 Å². The maximum atomic E-state index is 11.0. The van der Waals surface area contributed by atoms with Gasteiger partial charge in [0.05, 0.1) is 4.88 Å². The zero-order chi connectivity index (χ0) is 8.27. The third-order valence-corrected chi connectivity index (χ3v) is 1.91. The Bertz CT molecular complexity index is 231. The highest BCUT2D eigenvalue weighted by Crippen LogP contribution is 2.07. The summed E-state index contributed by atoms with van der Waals surface area (Å²) in [5.41, 5.74) is 0. The minimum Gasteiger partial charge on any atom is -0.374 e. The van der Waals surface area contributed by atoms with Gasteiger partial charge >= 0.3 is 0 Å². The van der Waals surface area contributed by atoms with Crippen molar-refractivity contribution in [3.05, 3.63) is 29.3 Å². The molecule has 1 heterocycles. The van der Waals surface area contributed by atoms with Crippen molar-refractivity contribution in [2.45, 2.75) is 6.23 Å². The Kier molecular flexibility index (Phi) is 2.62. The molecule has 1 aromatic rings. The molecular weight excluding hydrogens is 162 g/mol. The number of nitrogens with one attached hydrogen (secondary N) is 1. The van der Waals surface area contributed by atoms with E-state index in [1.54, 1.807) is 17.5 Å². The molecule has 3 nitrogen and oxygen atoms in total. The third kappa shape index (κ3) is 2.32. The van der Waals surface area contributed by atoms with Crippen molar-refractivity contribution >= 4 is 17.2 Å². The van der Waals surface area contributed by atoms with Crippen LogP contribution in [-0.2, 0) is 0 Å². The van der Waals surface area contributed by atoms with Crippen LogP contribution in [0.2, 0.25) is 0 Å². The van der Waals surface area contributed by atoms with Crippen molar-refractivity contribution in [3.8, 4) is 0 Å². The Morgan fingerprint density at radius 1 is 1.82 bits per heavy atom. The molecule has 1 unspecified atom stereocenters. The van der Waals surface area contributed by atoms with Crippen molar-refractivity contribution < 1.29 is 9.90 Å². The molecule has 1 rings (SSSR count). The van der Waals surface area contributed by atoms with Crippen molar-refractivity contribution in [2.75, 3.05) is 0 Å². The van der Waals surface area contributed by atoms with E-state index in [-0.39, 0.29) is 5.91 Å². The Hall–Kier alpha value is -0.870. The van der Waals surface area contributed by atoms with Gasteiger partial charge in [-0.1, -0.05) is 6.07 Å². The summed E-state index contributed by atoms with van der Waals surface area (Å²) >= 11 is 1.32. The standard InChI is InChI=1S/C7H8NO2S/c1-5(9)8-7(10)6-3-2-4-11-6/h2-5,9H,1H2,(H,8,10). The van der Waals surface area contributed by atoms with Crippen LogP contribution in [0.25, 0.3) is 0 Å². The van der Waals surface area contributed by atoms with E-state index in [0.29, 0.717) is 4.88 Å². The van der Waals surface area contributed by atoms with Gasteiger partial charge < -0.3 is 10.4 Å². The monoisotopic (exact) mass is 170 g/mol. The van der Waals surface area contributed by atoms with Crippen LogP contribution >= 0.6 is 11.3 Å². The Balaban J connectivity index is 2.57. The number of hydrogen-bond acceptors (Lipinski definition) is 3. The minimum absolute atomic E-state index is 0.289. The van der Waals surface area contributed by atoms with Gasteiger partial charge in [0.15, 0.2) is 0 Å². The fraction of sp³-hybridized carbons (Fsp3) is 0.143. The van der Waals surface area contributed by atoms with E-state index in [1.807, 2.05) is 0 Å². The van der Waals surface area contributed by atoms with Crippen LogP contribution in [0.1, 0.15) is 9.67 Å². The molecule has 4 heteroatoms. The molecule has 0 saturated carbocycles. The number of aliphatic hydroxyl groups is 1. The molecule has 0 saturated heterocycles. The summed E-state index contributed by atoms with van der Waals surface area (Å²) in [5, 5.41) is 12.7. The molecule has 0 aromatic carbocycles. The number of thiophene rings is 1. The summed E-state index contributed by atoms with van der Waals surface area (Å²) in [7, 11) is 0. The predicted octanol–water partition coefficient (Wildman–Crippen LogP) is 0.630. The maximum Gasteiger partial charge on any atom is 0.263 e. The van der Waals surface area contributed by atoms with Crippen LogP contribution in [0.5, 0.6) is 0 Å². The molecule has 1 atom stereocenters. The van der Waals surface area contributed by atoms with Gasteiger partial charge in [0, 0.05) is 0 Å². The van der Waals surface area contributed by atoms with Crippen LogP contribution in [0.15, 0.2) is 17.5 Å². The Morgan fingerprint density at radius 2 is 2.55 bits per heavy atom. The maximum absolute atomic E-state index is 11.0. The van der Waals surface area contributed by atoms with Gasteiger partial charge in [0.25, 0.3) is 5.91 Å². The Morgan fingerprint density at radius 3 is 3.00 bits per heavy atom. The van der Waals surface area contributed by atoms with Crippen LogP contribution in [-0.4, -0.2) is 17.2 Å². The molecule has 11 heavy (non-hydrogen) atoms. The van der Waals surface area contributed by atoms with E-state index < -0.39 is 6.23 Å². The third-order valence-electron chi connectivity index (χ3n) is 1.04. The summed E-state index contributed by atoms with van der Waals surface area (Å²) in [6.45, 7) is 3.22. The fourth-order valence-corrected chi connectivity index (χ4v) is 1.26. The van der Waals surface area contributed by atoms with Gasteiger partial charge in [0.1, 0.15) is 6.23 Å². The number of carbonyl (C=O) groups is 1. The lowest BCUT2D eigenvalue weighted by molar-refractivity contribution is 0.0856. The summed E-state index contributed by atoms with van der Waals surface area (Å²) in [6, 6.07) is 3.46. The van der Waals surface area contributed by atoms with Crippen molar-refractivity contribution in [3.63, 3.8) is 0 Å². The van der Waals surface area contributed by atoms with E-state index >= 15 is 0 Å². The smallest absolute Gasteiger partial charge is 0.263 e. The zero-order valence-corrected chi connectivity index (χ0v) is 6.60. The molecule has 0 aliphatic carbocycles. The second kappa shape index (κ2) is 3.50. The van der Waals surface area contributed by atoms with E-state index in [9.17, 15) is 4.79 Å². The molecule has 0 aliphatic rings. The van der Waals surface area contributed by atoms with Gasteiger partial charge in [-0.05, 0) is 18.4 Å². The van der Waals surface area contributed by atoms with Crippen molar-refractivity contribution in [1.29, 1.82) is 0 Å². The second-order valence-corrected chi connectivity index (χ2v) is 2.91. The molecule has 1 radical (unpaired) electrons. The molecule has 0 aliphatic heterocycles. The number of aliphatic hydroxyl groups excluding tert-OH is 1. The van der Waals surface area contributed by atoms with Gasteiger partial charge in [-0.25, -0.2) is 0 Å². The Labute approximate surface area is 68.7 Å². The number of amides is 1. The van der Waals surface area contributed by atoms with E-state index in [2.05, 4.69) is 12.2 Å². The van der Waals surface area contributed by atoms with Gasteiger partial charge in [-0.15, -0.1) is 11.3 Å². The number of hydrogen-bond donors (Lipinski definition) is 2. The highest BCUT2D eigenvalue weighted by molar-refractivity contribution is 7.12. The average Bonchev–Trinajstić information content (AvgIpc) is 2.35. The minimum atomic E-state index is -1.04. The summed E-state index contributed by atoms with van der Waals surface area (Å²) in [6.07, 6.45) is -1.04. The van der Waals surface area contributed by atoms with Gasteiger partial charge in [-0.3, -0.25) is 4.79 Å². The molecule has 59 valence electrons. The lowest BCUT2D eigenvalue weighted by Gasteiger charge is -2.04. The fourth-order valence-electron chi connectivity index (χ4n) is 0.630. The molecule has 1 amide bonds. The van der Waals surface area contributed by atoms with E-state index in [1.165, 1.54) is 11.3 Å². The van der Waals surface area contributed by atoms with Crippen LogP contribution < -0.4 is 5.32 Å². The highest BCUT2D eigenvalue weighted by atomic mass is 32.1. The molecule has 0 bridgehead atoms. The lowest BCUT2D eigenvalue weighted by atomic mass is 10.4. The summed E-state index contributed by atoms with van der Waals surface area (Å²) in [4.78, 5) is 11.6. The number of carbonyl (C=O) groups excluding carboxylic acids is 1. The molecular formula is C7H8NO2S. The topological polar surface area (TPSA) is 49.3 Å². The molecule has 2 N–H and O–H groups in total. The quantitative estimate of drug-likeness (QED) is 0.639. The first kappa shape index (κ1) is 8.23. The largest absolute Gasteiger partial charge is 0.374 e. The first-order valence-electron chi connectivity index (χ1n) is 3.05. The molecule has 1 aromatic heterocycles. The predicted molar refractivity (Wildman–Crippen MR) is 43.1 cm³/mol. The van der Waals surface area contributed by atoms with Crippen LogP contribution in [0, 0.1) is 6.92 Å². The zero-order valence-electron chi connectivity index (χ0n) is 5.78. The normalized spacial score (nSPS) is 12.5. The van der Waals surface area contributed by atoms with Gasteiger partial charge in [-0.2, -0.15) is 0 Å². The molecule has 0 fully saturated rings. The first-order chi connectivity index (χ1) is 5.20. The molecule has 0 spiro atoms. The van der Waals surface area contributed by atoms with E-state index in [0.717, 1.165) is 0 Å². The summed E-state index contributed by atoms with van der Waals surface area (Å²) in [5.74, 6) is -0.289. The SMILES string of the molecule is [CH2]C(O)NC(=O)c1cccs1. The highest BCUT2D eigenvalue weighted by Gasteiger charge is 2.06. The summed E-state index contributed by atoms with van der Waals surface area (Å²) < 4.78 is 0. The number of rotatable bonds is 2. The average molecular weight is 170 g/mol. The van der Waals surface area contributed by atoms with Crippen LogP contribution in [0.4, 0.5) is 0 Å². The first-order valence-corrected chi connectivity index (χ1v) is 3.93. The second-order valence-electron chi connectivity index (χ2n) is 1.97. The van der Waals surface area contributed by atoms with Crippen molar-refractivity contribution in [2.24, 2.45) is 0 Å². The van der Waals surface area contributed by atoms with Crippen LogP contribution in [0.3, 0.4) is 0 Å².